The number of urea groups is 1. The molecule has 0 radical (unpaired) electrons. The molecule has 8 nitrogen and oxygen atoms in total. The number of carbonyl (C=O) groups is 1. The van der Waals surface area contributed by atoms with E-state index in [0.717, 1.165) is 11.1 Å². The second-order valence-corrected chi connectivity index (χ2v) is 8.59. The lowest BCUT2D eigenvalue weighted by Gasteiger charge is -2.12. The Balaban J connectivity index is 1.52. The summed E-state index contributed by atoms with van der Waals surface area (Å²) in [5.41, 5.74) is 2.68. The van der Waals surface area contributed by atoms with Gasteiger partial charge in [0, 0.05) is 41.9 Å². The molecule has 0 saturated heterocycles. The molecule has 2 aromatic heterocycles. The van der Waals surface area contributed by atoms with E-state index in [9.17, 15) is 13.2 Å². The third-order valence-electron chi connectivity index (χ3n) is 4.60. The van der Waals surface area contributed by atoms with E-state index < -0.39 is 15.9 Å². The standard InChI is InChI=1S/C22H19N5O3S/c28-22(24-13-16-14-25-26-15-16)27-18-5-7-19(8-6-18)31(29,30)21-4-2-1-3-20(21)17-9-11-23-12-10-17/h1-12,14-15H,13H2,(H,25,26)(H2,24,27,28). The number of hydrogen-bond donors (Lipinski definition) is 3. The van der Waals surface area contributed by atoms with Crippen LogP contribution >= 0.6 is 0 Å². The van der Waals surface area contributed by atoms with E-state index in [1.165, 1.54) is 12.1 Å². The van der Waals surface area contributed by atoms with Gasteiger partial charge in [-0.2, -0.15) is 5.10 Å². The fraction of sp³-hybridized carbons (Fsp3) is 0.0455. The number of carbonyl (C=O) groups excluding carboxylic acids is 1. The number of aromatic amines is 1. The highest BCUT2D eigenvalue weighted by atomic mass is 32.2. The zero-order valence-corrected chi connectivity index (χ0v) is 17.1. The van der Waals surface area contributed by atoms with Crippen molar-refractivity contribution in [3.05, 3.63) is 91.0 Å². The Hall–Kier alpha value is -3.98. The first-order chi connectivity index (χ1) is 15.0. The van der Waals surface area contributed by atoms with Gasteiger partial charge in [-0.25, -0.2) is 13.2 Å². The zero-order chi connectivity index (χ0) is 21.7. The Bertz CT molecular complexity index is 1270. The average molecular weight is 433 g/mol. The molecule has 0 fully saturated rings. The summed E-state index contributed by atoms with van der Waals surface area (Å²) in [4.78, 5) is 16.4. The predicted octanol–water partition coefficient (Wildman–Crippen LogP) is 3.63. The topological polar surface area (TPSA) is 117 Å². The highest BCUT2D eigenvalue weighted by Crippen LogP contribution is 2.31. The van der Waals surface area contributed by atoms with Gasteiger partial charge < -0.3 is 10.6 Å². The Labute approximate surface area is 179 Å². The predicted molar refractivity (Wildman–Crippen MR) is 116 cm³/mol. The number of H-pyrrole nitrogens is 1. The normalized spacial score (nSPS) is 11.1. The van der Waals surface area contributed by atoms with Crippen LogP contribution in [0.2, 0.25) is 0 Å². The highest BCUT2D eigenvalue weighted by Gasteiger charge is 2.21. The fourth-order valence-electron chi connectivity index (χ4n) is 3.05. The molecule has 9 heteroatoms. The van der Waals surface area contributed by atoms with Crippen LogP contribution in [0.4, 0.5) is 10.5 Å². The molecule has 0 bridgehead atoms. The molecule has 4 rings (SSSR count). The number of aromatic nitrogens is 3. The van der Waals surface area contributed by atoms with Crippen molar-refractivity contribution in [1.82, 2.24) is 20.5 Å². The van der Waals surface area contributed by atoms with Crippen molar-refractivity contribution in [3.63, 3.8) is 0 Å². The number of nitrogens with one attached hydrogen (secondary N) is 3. The molecule has 0 unspecified atom stereocenters. The second-order valence-electron chi connectivity index (χ2n) is 6.67. The minimum atomic E-state index is -3.76. The maximum atomic E-state index is 13.3. The summed E-state index contributed by atoms with van der Waals surface area (Å²) in [7, 11) is -3.76. The van der Waals surface area contributed by atoms with Gasteiger partial charge in [0.15, 0.2) is 0 Å². The largest absolute Gasteiger partial charge is 0.334 e. The first-order valence-corrected chi connectivity index (χ1v) is 10.9. The summed E-state index contributed by atoms with van der Waals surface area (Å²) in [6.45, 7) is 0.320. The van der Waals surface area contributed by atoms with Gasteiger partial charge in [-0.1, -0.05) is 18.2 Å². The van der Waals surface area contributed by atoms with Crippen LogP contribution in [0.5, 0.6) is 0 Å². The first-order valence-electron chi connectivity index (χ1n) is 9.41. The SMILES string of the molecule is O=C(NCc1cn[nH]c1)Nc1ccc(S(=O)(=O)c2ccccc2-c2ccncc2)cc1. The van der Waals surface area contributed by atoms with E-state index in [4.69, 9.17) is 0 Å². The van der Waals surface area contributed by atoms with Crippen molar-refractivity contribution >= 4 is 21.6 Å². The molecule has 2 heterocycles. The maximum Gasteiger partial charge on any atom is 0.319 e. The number of pyridine rings is 1. The molecule has 0 aliphatic heterocycles. The van der Waals surface area contributed by atoms with E-state index >= 15 is 0 Å². The number of amides is 2. The number of anilines is 1. The van der Waals surface area contributed by atoms with Gasteiger partial charge in [0.2, 0.25) is 9.84 Å². The Morgan fingerprint density at radius 2 is 1.71 bits per heavy atom. The molecule has 0 atom stereocenters. The molecule has 0 spiro atoms. The van der Waals surface area contributed by atoms with E-state index in [1.807, 2.05) is 0 Å². The number of rotatable bonds is 6. The summed E-state index contributed by atoms with van der Waals surface area (Å²) in [6, 6.07) is 16.0. The van der Waals surface area contributed by atoms with Crippen molar-refractivity contribution in [3.8, 4) is 11.1 Å². The lowest BCUT2D eigenvalue weighted by Crippen LogP contribution is -2.28. The minimum absolute atomic E-state index is 0.137. The smallest absolute Gasteiger partial charge is 0.319 e. The van der Waals surface area contributed by atoms with E-state index in [2.05, 4.69) is 25.8 Å². The summed E-state index contributed by atoms with van der Waals surface area (Å²) in [6.07, 6.45) is 6.54. The van der Waals surface area contributed by atoms with E-state index in [-0.39, 0.29) is 9.79 Å². The van der Waals surface area contributed by atoms with Crippen LogP contribution in [0.1, 0.15) is 5.56 Å². The molecular weight excluding hydrogens is 414 g/mol. The monoisotopic (exact) mass is 433 g/mol. The van der Waals surface area contributed by atoms with Gasteiger partial charge in [-0.15, -0.1) is 0 Å². The lowest BCUT2D eigenvalue weighted by molar-refractivity contribution is 0.251. The minimum Gasteiger partial charge on any atom is -0.334 e. The highest BCUT2D eigenvalue weighted by molar-refractivity contribution is 7.91. The van der Waals surface area contributed by atoms with Crippen molar-refractivity contribution in [2.24, 2.45) is 0 Å². The van der Waals surface area contributed by atoms with Gasteiger partial charge >= 0.3 is 6.03 Å². The van der Waals surface area contributed by atoms with Crippen LogP contribution in [0, 0.1) is 0 Å². The quantitative estimate of drug-likeness (QED) is 0.429. The Kier molecular flexibility index (Phi) is 5.76. The van der Waals surface area contributed by atoms with Crippen LogP contribution in [0.3, 0.4) is 0 Å². The van der Waals surface area contributed by atoms with Gasteiger partial charge in [-0.05, 0) is 48.0 Å². The van der Waals surface area contributed by atoms with E-state index in [0.29, 0.717) is 17.8 Å². The van der Waals surface area contributed by atoms with E-state index in [1.54, 1.807) is 73.3 Å². The van der Waals surface area contributed by atoms with Crippen LogP contribution in [-0.2, 0) is 16.4 Å². The molecule has 4 aromatic rings. The number of benzene rings is 2. The maximum absolute atomic E-state index is 13.3. The van der Waals surface area contributed by atoms with Crippen LogP contribution in [0.25, 0.3) is 11.1 Å². The van der Waals surface area contributed by atoms with Gasteiger partial charge in [0.05, 0.1) is 16.0 Å². The average Bonchev–Trinajstić information content (AvgIpc) is 3.32. The second kappa shape index (κ2) is 8.80. The zero-order valence-electron chi connectivity index (χ0n) is 16.3. The van der Waals surface area contributed by atoms with Gasteiger partial charge in [-0.3, -0.25) is 10.1 Å². The molecule has 3 N–H and O–H groups in total. The van der Waals surface area contributed by atoms with Crippen molar-refractivity contribution < 1.29 is 13.2 Å². The van der Waals surface area contributed by atoms with Gasteiger partial charge in [0.1, 0.15) is 0 Å². The summed E-state index contributed by atoms with van der Waals surface area (Å²) in [5.74, 6) is 0. The molecule has 2 aromatic carbocycles. The van der Waals surface area contributed by atoms with Crippen molar-refractivity contribution in [2.45, 2.75) is 16.3 Å². The van der Waals surface area contributed by atoms with Crippen LogP contribution in [-0.4, -0.2) is 29.6 Å². The summed E-state index contributed by atoms with van der Waals surface area (Å²) in [5, 5.41) is 11.9. The number of hydrogen-bond acceptors (Lipinski definition) is 5. The Morgan fingerprint density at radius 3 is 2.42 bits per heavy atom. The lowest BCUT2D eigenvalue weighted by atomic mass is 10.1. The van der Waals surface area contributed by atoms with Crippen molar-refractivity contribution in [1.29, 1.82) is 0 Å². The molecular formula is C22H19N5O3S. The summed E-state index contributed by atoms with van der Waals surface area (Å²) < 4.78 is 26.5. The molecule has 156 valence electrons. The third-order valence-corrected chi connectivity index (χ3v) is 6.43. The molecule has 31 heavy (non-hydrogen) atoms. The summed E-state index contributed by atoms with van der Waals surface area (Å²) >= 11 is 0. The first kappa shape index (κ1) is 20.3. The number of sulfone groups is 1. The fourth-order valence-corrected chi connectivity index (χ4v) is 4.53. The van der Waals surface area contributed by atoms with Gasteiger partial charge in [0.25, 0.3) is 0 Å². The Morgan fingerprint density at radius 1 is 0.968 bits per heavy atom. The molecule has 0 aliphatic carbocycles. The number of nitrogens with zero attached hydrogens (tertiary/aromatic N) is 2. The van der Waals surface area contributed by atoms with Crippen LogP contribution < -0.4 is 10.6 Å². The third kappa shape index (κ3) is 4.62. The van der Waals surface area contributed by atoms with Crippen LogP contribution in [0.15, 0.2) is 95.2 Å². The van der Waals surface area contributed by atoms with Crippen molar-refractivity contribution in [2.75, 3.05) is 5.32 Å². The molecule has 2 amide bonds. The molecule has 0 aliphatic rings. The molecule has 0 saturated carbocycles.